The number of esters is 2. The molecule has 0 amide bonds. The lowest BCUT2D eigenvalue weighted by atomic mass is 10.0. The van der Waals surface area contributed by atoms with Crippen molar-refractivity contribution in [2.45, 2.75) is 225 Å². The average molecular weight is 1010 g/mol. The van der Waals surface area contributed by atoms with Crippen molar-refractivity contribution in [2.24, 2.45) is 5.73 Å². The highest BCUT2D eigenvalue weighted by Gasteiger charge is 2.26. The van der Waals surface area contributed by atoms with Gasteiger partial charge < -0.3 is 20.1 Å². The van der Waals surface area contributed by atoms with Crippen LogP contribution < -0.4 is 5.73 Å². The summed E-state index contributed by atoms with van der Waals surface area (Å²) in [5.74, 6) is -0.851. The zero-order valence-corrected chi connectivity index (χ0v) is 45.8. The number of carbonyl (C=O) groups is 2. The van der Waals surface area contributed by atoms with E-state index in [2.05, 4.69) is 135 Å². The van der Waals surface area contributed by atoms with Crippen molar-refractivity contribution in [3.8, 4) is 0 Å². The molecule has 0 aromatic heterocycles. The average Bonchev–Trinajstić information content (AvgIpc) is 3.36. The molecule has 0 aromatic carbocycles. The Hall–Kier alpha value is -3.59. The molecule has 0 aliphatic rings. The number of rotatable bonds is 51. The molecule has 3 N–H and O–H groups in total. The third kappa shape index (κ3) is 55.6. The van der Waals surface area contributed by atoms with Crippen LogP contribution in [0.2, 0.25) is 0 Å². The second kappa shape index (κ2) is 55.7. The van der Waals surface area contributed by atoms with Gasteiger partial charge in [-0.1, -0.05) is 225 Å². The van der Waals surface area contributed by atoms with E-state index in [1.807, 2.05) is 0 Å². The minimum Gasteiger partial charge on any atom is -0.462 e. The maximum Gasteiger partial charge on any atom is 0.472 e. The summed E-state index contributed by atoms with van der Waals surface area (Å²) in [4.78, 5) is 35.2. The Balaban J connectivity index is 4.06. The minimum atomic E-state index is -4.40. The Morgan fingerprint density at radius 1 is 0.423 bits per heavy atom. The number of phosphoric acid groups is 1. The lowest BCUT2D eigenvalue weighted by Gasteiger charge is -2.19. The molecule has 404 valence electrons. The largest absolute Gasteiger partial charge is 0.472 e. The van der Waals surface area contributed by atoms with Crippen LogP contribution in [0.4, 0.5) is 0 Å². The third-order valence-corrected chi connectivity index (χ3v) is 12.3. The Kier molecular flexibility index (Phi) is 52.9. The standard InChI is InChI=1S/C61H102NO8P/c1-3-5-7-9-11-13-15-17-19-21-23-25-27-28-29-30-32-34-36-38-40-42-44-46-48-50-52-54-61(64)70-59(58-69-71(65,66)68-56-55-62)57-67-60(63)53-51-49-47-45-43-41-39-37-35-33-31-26-24-22-20-18-16-14-12-10-8-6-4-2/h5-8,11-14,17-20,23-26,28-29,33,35,59H,3-4,9-10,15-16,21-22,27,30-32,34,36-58,62H2,1-2H3,(H,65,66)/b7-5-,8-6-,13-11-,14-12-,19-17-,20-18-,25-23-,26-24-,29-28-,35-33-. The number of unbranched alkanes of at least 4 members (excludes halogenated alkanes) is 18. The Morgan fingerprint density at radius 3 is 1.08 bits per heavy atom. The van der Waals surface area contributed by atoms with Gasteiger partial charge in [-0.05, 0) is 103 Å². The molecule has 71 heavy (non-hydrogen) atoms. The van der Waals surface area contributed by atoms with Gasteiger partial charge in [0.2, 0.25) is 0 Å². The Labute approximate surface area is 434 Å². The summed E-state index contributed by atoms with van der Waals surface area (Å²) in [6.07, 6.45) is 76.7. The first-order chi connectivity index (χ1) is 34.8. The van der Waals surface area contributed by atoms with Crippen molar-refractivity contribution in [1.29, 1.82) is 0 Å². The topological polar surface area (TPSA) is 134 Å². The maximum absolute atomic E-state index is 12.7. The number of hydrogen-bond donors (Lipinski definition) is 2. The molecule has 0 rings (SSSR count). The predicted octanol–water partition coefficient (Wildman–Crippen LogP) is 17.6. The van der Waals surface area contributed by atoms with Crippen LogP contribution in [0.1, 0.15) is 219 Å². The number of hydrogen-bond acceptors (Lipinski definition) is 8. The summed E-state index contributed by atoms with van der Waals surface area (Å²) in [6.45, 7) is 3.49. The lowest BCUT2D eigenvalue weighted by molar-refractivity contribution is -0.161. The minimum absolute atomic E-state index is 0.0449. The van der Waals surface area contributed by atoms with E-state index in [-0.39, 0.29) is 32.6 Å². The smallest absolute Gasteiger partial charge is 0.462 e. The van der Waals surface area contributed by atoms with E-state index < -0.39 is 32.5 Å². The SMILES string of the molecule is CC/C=C\C/C=C\C/C=C\C/C=C\C/C=C\CCCCCCCCCCCCCC(=O)OC(COC(=O)CCCCCCCCC/C=C\C/C=C\C/C=C\C/C=C\C/C=C\CC)COP(=O)(O)OCCN. The van der Waals surface area contributed by atoms with Crippen LogP contribution in [-0.4, -0.2) is 49.3 Å². The van der Waals surface area contributed by atoms with E-state index in [0.29, 0.717) is 12.8 Å². The van der Waals surface area contributed by atoms with Gasteiger partial charge in [-0.2, -0.15) is 0 Å². The fourth-order valence-electron chi connectivity index (χ4n) is 7.28. The van der Waals surface area contributed by atoms with Crippen molar-refractivity contribution >= 4 is 19.8 Å². The summed E-state index contributed by atoms with van der Waals surface area (Å²) in [5, 5.41) is 0. The van der Waals surface area contributed by atoms with Crippen molar-refractivity contribution in [3.05, 3.63) is 122 Å². The van der Waals surface area contributed by atoms with Crippen LogP contribution in [0.15, 0.2) is 122 Å². The first kappa shape index (κ1) is 67.4. The van der Waals surface area contributed by atoms with Crippen LogP contribution in [0.3, 0.4) is 0 Å². The molecular weight excluding hydrogens is 906 g/mol. The second-order valence-electron chi connectivity index (χ2n) is 18.0. The van der Waals surface area contributed by atoms with E-state index >= 15 is 0 Å². The summed E-state index contributed by atoms with van der Waals surface area (Å²) in [5.41, 5.74) is 5.38. The Morgan fingerprint density at radius 2 is 0.732 bits per heavy atom. The van der Waals surface area contributed by atoms with Gasteiger partial charge in [0.05, 0.1) is 13.2 Å². The molecule has 0 heterocycles. The van der Waals surface area contributed by atoms with Gasteiger partial charge in [0.25, 0.3) is 0 Å². The van der Waals surface area contributed by atoms with Crippen molar-refractivity contribution in [2.75, 3.05) is 26.4 Å². The van der Waals surface area contributed by atoms with Crippen LogP contribution in [0, 0.1) is 0 Å². The van der Waals surface area contributed by atoms with E-state index in [9.17, 15) is 19.0 Å². The van der Waals surface area contributed by atoms with Gasteiger partial charge in [-0.15, -0.1) is 0 Å². The highest BCUT2D eigenvalue weighted by atomic mass is 31.2. The van der Waals surface area contributed by atoms with Gasteiger partial charge in [0, 0.05) is 19.4 Å². The molecule has 10 heteroatoms. The third-order valence-electron chi connectivity index (χ3n) is 11.3. The molecule has 9 nitrogen and oxygen atoms in total. The van der Waals surface area contributed by atoms with Crippen LogP contribution in [-0.2, 0) is 32.7 Å². The number of allylic oxidation sites excluding steroid dienone is 20. The van der Waals surface area contributed by atoms with Crippen LogP contribution in [0.25, 0.3) is 0 Å². The van der Waals surface area contributed by atoms with Gasteiger partial charge in [0.1, 0.15) is 6.61 Å². The molecule has 0 aromatic rings. The molecule has 0 fully saturated rings. The molecule has 0 saturated heterocycles. The maximum atomic E-state index is 12.7. The summed E-state index contributed by atoms with van der Waals surface area (Å²) in [6, 6.07) is 0. The Bertz CT molecular complexity index is 1570. The fourth-order valence-corrected chi connectivity index (χ4v) is 8.04. The summed E-state index contributed by atoms with van der Waals surface area (Å²) in [7, 11) is -4.40. The normalized spacial score (nSPS) is 14.0. The zero-order chi connectivity index (χ0) is 51.7. The molecule has 0 saturated carbocycles. The fraction of sp³-hybridized carbons (Fsp3) is 0.639. The molecule has 2 atom stereocenters. The monoisotopic (exact) mass is 1010 g/mol. The molecule has 0 bridgehead atoms. The molecular formula is C61H102NO8P. The highest BCUT2D eigenvalue weighted by Crippen LogP contribution is 2.43. The van der Waals surface area contributed by atoms with E-state index in [1.54, 1.807) is 0 Å². The first-order valence-corrected chi connectivity index (χ1v) is 29.5. The zero-order valence-electron chi connectivity index (χ0n) is 44.9. The van der Waals surface area contributed by atoms with E-state index in [1.165, 1.54) is 64.2 Å². The van der Waals surface area contributed by atoms with Crippen molar-refractivity contribution < 1.29 is 37.6 Å². The highest BCUT2D eigenvalue weighted by molar-refractivity contribution is 7.47. The number of nitrogens with two attached hydrogens (primary N) is 1. The molecule has 0 radical (unpaired) electrons. The van der Waals surface area contributed by atoms with Gasteiger partial charge >= 0.3 is 19.8 Å². The van der Waals surface area contributed by atoms with Gasteiger partial charge in [-0.3, -0.25) is 18.6 Å². The molecule has 0 aliphatic heterocycles. The van der Waals surface area contributed by atoms with Crippen molar-refractivity contribution in [3.63, 3.8) is 0 Å². The predicted molar refractivity (Wildman–Crippen MR) is 302 cm³/mol. The molecule has 0 spiro atoms. The number of carbonyl (C=O) groups excluding carboxylic acids is 2. The number of ether oxygens (including phenoxy) is 2. The van der Waals surface area contributed by atoms with E-state index in [0.717, 1.165) is 116 Å². The van der Waals surface area contributed by atoms with E-state index in [4.69, 9.17) is 24.3 Å². The second-order valence-corrected chi connectivity index (χ2v) is 19.5. The van der Waals surface area contributed by atoms with Gasteiger partial charge in [0.15, 0.2) is 6.10 Å². The summed E-state index contributed by atoms with van der Waals surface area (Å²) < 4.78 is 33.0. The van der Waals surface area contributed by atoms with Crippen molar-refractivity contribution in [1.82, 2.24) is 0 Å². The number of phosphoric ester groups is 1. The first-order valence-electron chi connectivity index (χ1n) is 28.0. The van der Waals surface area contributed by atoms with Gasteiger partial charge in [-0.25, -0.2) is 4.57 Å². The molecule has 0 aliphatic carbocycles. The summed E-state index contributed by atoms with van der Waals surface area (Å²) >= 11 is 0. The molecule has 2 unspecified atom stereocenters. The van der Waals surface area contributed by atoms with Crippen LogP contribution in [0.5, 0.6) is 0 Å². The van der Waals surface area contributed by atoms with Crippen LogP contribution >= 0.6 is 7.82 Å². The lowest BCUT2D eigenvalue weighted by Crippen LogP contribution is -2.29. The quantitative estimate of drug-likeness (QED) is 0.0264.